The number of hydrogen-bond acceptors (Lipinski definition) is 5. The molecule has 0 aliphatic carbocycles. The molecule has 1 amide bonds. The van der Waals surface area contributed by atoms with Gasteiger partial charge in [0.15, 0.2) is 0 Å². The molecule has 1 fully saturated rings. The zero-order chi connectivity index (χ0) is 23.1. The molecule has 1 aliphatic rings. The van der Waals surface area contributed by atoms with E-state index < -0.39 is 11.2 Å². The minimum atomic E-state index is -0.857. The van der Waals surface area contributed by atoms with Crippen molar-refractivity contribution in [2.45, 2.75) is 54.6 Å². The van der Waals surface area contributed by atoms with Gasteiger partial charge in [-0.1, -0.05) is 34.1 Å². The Labute approximate surface area is 203 Å². The highest BCUT2D eigenvalue weighted by atomic mass is 79.9. The van der Waals surface area contributed by atoms with Crippen molar-refractivity contribution in [3.8, 4) is 0 Å². The molecule has 3 rings (SSSR count). The van der Waals surface area contributed by atoms with Gasteiger partial charge in [0.05, 0.1) is 5.60 Å². The maximum Gasteiger partial charge on any atom is 0.410 e. The molecule has 2 aromatic carbocycles. The summed E-state index contributed by atoms with van der Waals surface area (Å²) < 4.78 is 6.54. The lowest BCUT2D eigenvalue weighted by atomic mass is 9.84. The number of aliphatic hydroxyl groups is 1. The second kappa shape index (κ2) is 11.6. The summed E-state index contributed by atoms with van der Waals surface area (Å²) in [5, 5.41) is 10.9. The van der Waals surface area contributed by atoms with Gasteiger partial charge in [0.1, 0.15) is 5.60 Å². The highest BCUT2D eigenvalue weighted by Gasteiger charge is 2.36. The van der Waals surface area contributed by atoms with E-state index in [2.05, 4.69) is 34.3 Å². The highest BCUT2D eigenvalue weighted by Crippen LogP contribution is 2.34. The Morgan fingerprint density at radius 2 is 1.58 bits per heavy atom. The van der Waals surface area contributed by atoms with Crippen molar-refractivity contribution in [3.63, 3.8) is 0 Å². The Balaban J connectivity index is 0.000000316. The zero-order valence-electron chi connectivity index (χ0n) is 18.9. The van der Waals surface area contributed by atoms with Gasteiger partial charge in [-0.2, -0.15) is 0 Å². The number of thioether (sulfide) groups is 2. The molecule has 0 radical (unpaired) electrons. The minimum absolute atomic E-state index is 0.299. The second-order valence-corrected chi connectivity index (χ2v) is 11.1. The van der Waals surface area contributed by atoms with Crippen LogP contribution in [0.5, 0.6) is 0 Å². The third-order valence-corrected chi connectivity index (χ3v) is 6.83. The molecular formula is C24H32BrNO3S2. The van der Waals surface area contributed by atoms with Crippen LogP contribution in [-0.2, 0) is 10.3 Å². The first-order valence-electron chi connectivity index (χ1n) is 10.2. The Kier molecular flexibility index (Phi) is 9.80. The van der Waals surface area contributed by atoms with Gasteiger partial charge in [-0.15, -0.1) is 23.5 Å². The Bertz CT molecular complexity index is 862. The highest BCUT2D eigenvalue weighted by molar-refractivity contribution is 9.10. The van der Waals surface area contributed by atoms with Crippen LogP contribution in [0.2, 0.25) is 0 Å². The summed E-state index contributed by atoms with van der Waals surface area (Å²) in [6.07, 6.45) is 4.86. The van der Waals surface area contributed by atoms with Crippen LogP contribution in [0.15, 0.2) is 62.8 Å². The number of amides is 1. The molecule has 0 bridgehead atoms. The molecule has 0 unspecified atom stereocenters. The molecule has 1 heterocycles. The van der Waals surface area contributed by atoms with E-state index in [4.69, 9.17) is 4.74 Å². The topological polar surface area (TPSA) is 49.8 Å². The summed E-state index contributed by atoms with van der Waals surface area (Å²) in [6.45, 7) is 6.60. The first-order valence-corrected chi connectivity index (χ1v) is 13.4. The van der Waals surface area contributed by atoms with Crippen molar-refractivity contribution < 1.29 is 14.6 Å². The van der Waals surface area contributed by atoms with Crippen LogP contribution >= 0.6 is 39.5 Å². The van der Waals surface area contributed by atoms with Crippen molar-refractivity contribution in [2.75, 3.05) is 25.6 Å². The van der Waals surface area contributed by atoms with Crippen LogP contribution in [0.4, 0.5) is 4.79 Å². The maximum absolute atomic E-state index is 12.1. The molecule has 0 saturated carbocycles. The van der Waals surface area contributed by atoms with Crippen molar-refractivity contribution in [3.05, 3.63) is 58.6 Å². The van der Waals surface area contributed by atoms with Gasteiger partial charge in [-0.05, 0) is 82.0 Å². The molecule has 4 nitrogen and oxygen atoms in total. The van der Waals surface area contributed by atoms with Crippen LogP contribution in [-0.4, -0.2) is 47.3 Å². The van der Waals surface area contributed by atoms with Gasteiger partial charge in [0.2, 0.25) is 0 Å². The summed E-state index contributed by atoms with van der Waals surface area (Å²) in [5.41, 5.74) is -0.412. The number of likely N-dealkylation sites (tertiary alicyclic amines) is 1. The number of rotatable bonds is 3. The predicted octanol–water partition coefficient (Wildman–Crippen LogP) is 6.80. The number of benzene rings is 2. The standard InChI is InChI=1S/C17H25NO3S.C7H7BrS/c1-16(2,3)21-15(19)18-10-8-17(20,9-11-18)13-6-5-7-14(12-13)22-4;1-9-7-4-2-3-6(8)5-7/h5-7,12,20H,8-11H2,1-4H3;2-5H,1H3. The lowest BCUT2D eigenvalue weighted by molar-refractivity contribution is -0.0357. The first-order chi connectivity index (χ1) is 14.6. The van der Waals surface area contributed by atoms with Crippen LogP contribution in [0.3, 0.4) is 0 Å². The SMILES string of the molecule is CSc1cccc(Br)c1.CSc1cccc(C2(O)CCN(C(=O)OC(C)(C)C)CC2)c1. The second-order valence-electron chi connectivity index (χ2n) is 8.39. The third kappa shape index (κ3) is 8.37. The lowest BCUT2D eigenvalue weighted by Crippen LogP contribution is -2.46. The quantitative estimate of drug-likeness (QED) is 0.446. The molecule has 0 spiro atoms. The van der Waals surface area contributed by atoms with E-state index in [1.165, 1.54) is 4.90 Å². The normalized spacial score (nSPS) is 15.6. The van der Waals surface area contributed by atoms with E-state index in [0.717, 1.165) is 14.9 Å². The van der Waals surface area contributed by atoms with Gasteiger partial charge < -0.3 is 14.7 Å². The molecule has 31 heavy (non-hydrogen) atoms. The summed E-state index contributed by atoms with van der Waals surface area (Å²) >= 11 is 6.80. The number of halogens is 1. The van der Waals surface area contributed by atoms with Gasteiger partial charge >= 0.3 is 6.09 Å². The van der Waals surface area contributed by atoms with E-state index in [1.54, 1.807) is 28.4 Å². The molecule has 1 saturated heterocycles. The largest absolute Gasteiger partial charge is 0.444 e. The monoisotopic (exact) mass is 525 g/mol. The average Bonchev–Trinajstić information content (AvgIpc) is 2.73. The number of carbonyl (C=O) groups is 1. The molecule has 1 N–H and O–H groups in total. The number of hydrogen-bond donors (Lipinski definition) is 1. The fourth-order valence-corrected chi connectivity index (χ4v) is 4.65. The third-order valence-electron chi connectivity index (χ3n) is 4.88. The fourth-order valence-electron chi connectivity index (χ4n) is 3.18. The van der Waals surface area contributed by atoms with Gasteiger partial charge in [0, 0.05) is 27.4 Å². The summed E-state index contributed by atoms with van der Waals surface area (Å²) in [5.74, 6) is 0. The molecule has 0 atom stereocenters. The zero-order valence-corrected chi connectivity index (χ0v) is 22.1. The number of ether oxygens (including phenoxy) is 1. The summed E-state index contributed by atoms with van der Waals surface area (Å²) in [4.78, 5) is 16.2. The van der Waals surface area contributed by atoms with Gasteiger partial charge in [-0.25, -0.2) is 4.79 Å². The summed E-state index contributed by atoms with van der Waals surface area (Å²) in [7, 11) is 0. The maximum atomic E-state index is 12.1. The van der Waals surface area contributed by atoms with Crippen LogP contribution < -0.4 is 0 Å². The van der Waals surface area contributed by atoms with Gasteiger partial charge in [-0.3, -0.25) is 0 Å². The molecule has 2 aromatic rings. The average molecular weight is 527 g/mol. The van der Waals surface area contributed by atoms with Crippen molar-refractivity contribution in [1.82, 2.24) is 4.90 Å². The Hall–Kier alpha value is -1.15. The van der Waals surface area contributed by atoms with Crippen molar-refractivity contribution in [1.29, 1.82) is 0 Å². The van der Waals surface area contributed by atoms with E-state index >= 15 is 0 Å². The van der Waals surface area contributed by atoms with Crippen LogP contribution in [0.1, 0.15) is 39.2 Å². The summed E-state index contributed by atoms with van der Waals surface area (Å²) in [6, 6.07) is 16.3. The molecule has 0 aromatic heterocycles. The molecule has 170 valence electrons. The van der Waals surface area contributed by atoms with Crippen molar-refractivity contribution in [2.24, 2.45) is 0 Å². The van der Waals surface area contributed by atoms with Crippen LogP contribution in [0, 0.1) is 0 Å². The van der Waals surface area contributed by atoms with Gasteiger partial charge in [0.25, 0.3) is 0 Å². The molecule has 1 aliphatic heterocycles. The van der Waals surface area contributed by atoms with E-state index in [9.17, 15) is 9.90 Å². The van der Waals surface area contributed by atoms with E-state index in [-0.39, 0.29) is 6.09 Å². The number of piperidine rings is 1. The number of carbonyl (C=O) groups excluding carboxylic acids is 1. The van der Waals surface area contributed by atoms with Crippen molar-refractivity contribution >= 4 is 45.5 Å². The predicted molar refractivity (Wildman–Crippen MR) is 135 cm³/mol. The smallest absolute Gasteiger partial charge is 0.410 e. The van der Waals surface area contributed by atoms with E-state index in [1.807, 2.05) is 63.4 Å². The molecular weight excluding hydrogens is 494 g/mol. The van der Waals surface area contributed by atoms with Crippen LogP contribution in [0.25, 0.3) is 0 Å². The molecule has 7 heteroatoms. The number of nitrogens with zero attached hydrogens (tertiary/aromatic N) is 1. The minimum Gasteiger partial charge on any atom is -0.444 e. The Morgan fingerprint density at radius 1 is 1.03 bits per heavy atom. The first kappa shape index (κ1) is 26.1. The van der Waals surface area contributed by atoms with E-state index in [0.29, 0.717) is 25.9 Å². The lowest BCUT2D eigenvalue weighted by Gasteiger charge is -2.39. The fraction of sp³-hybridized carbons (Fsp3) is 0.458. The Morgan fingerprint density at radius 3 is 2.06 bits per heavy atom.